The number of hydrogen-bond donors (Lipinski definition) is 0. The lowest BCUT2D eigenvalue weighted by atomic mass is 9.50. The van der Waals surface area contributed by atoms with Gasteiger partial charge in [0.2, 0.25) is 0 Å². The molecule has 128 valence electrons. The fraction of sp³-hybridized carbons (Fsp3) is 0.619. The predicted molar refractivity (Wildman–Crippen MR) is 92.1 cm³/mol. The van der Waals surface area contributed by atoms with Crippen LogP contribution >= 0.6 is 0 Å². The molecule has 24 heavy (non-hydrogen) atoms. The highest BCUT2D eigenvalue weighted by atomic mass is 16.5. The first kappa shape index (κ1) is 15.9. The van der Waals surface area contributed by atoms with E-state index in [1.54, 1.807) is 12.2 Å². The van der Waals surface area contributed by atoms with Crippen LogP contribution in [0, 0.1) is 28.6 Å². The summed E-state index contributed by atoms with van der Waals surface area (Å²) in [6.07, 6.45) is 11.5. The third-order valence-electron chi connectivity index (χ3n) is 7.18. The Hall–Kier alpha value is -1.64. The Labute approximate surface area is 143 Å². The molecular weight excluding hydrogens is 300 g/mol. The van der Waals surface area contributed by atoms with Crippen LogP contribution < -0.4 is 0 Å². The van der Waals surface area contributed by atoms with E-state index < -0.39 is 0 Å². The Balaban J connectivity index is 1.83. The normalized spacial score (nSPS) is 43.5. The maximum Gasteiger partial charge on any atom is 0.178 e. The number of rotatable bonds is 2. The van der Waals surface area contributed by atoms with Crippen molar-refractivity contribution in [2.45, 2.75) is 46.5 Å². The Bertz CT molecular complexity index is 698. The van der Waals surface area contributed by atoms with E-state index >= 15 is 0 Å². The zero-order valence-corrected chi connectivity index (χ0v) is 14.8. The van der Waals surface area contributed by atoms with Crippen LogP contribution in [0.15, 0.2) is 35.6 Å². The first-order chi connectivity index (χ1) is 11.4. The predicted octanol–water partition coefficient (Wildman–Crippen LogP) is 4.00. The average Bonchev–Trinajstić information content (AvgIpc) is 2.85. The highest BCUT2D eigenvalue weighted by Gasteiger charge is 2.58. The summed E-state index contributed by atoms with van der Waals surface area (Å²) in [4.78, 5) is 24.5. The van der Waals surface area contributed by atoms with Crippen molar-refractivity contribution in [3.8, 4) is 0 Å². The number of allylic oxidation sites excluding steroid dienone is 5. The minimum atomic E-state index is -0.166. The molecule has 0 aromatic rings. The van der Waals surface area contributed by atoms with Gasteiger partial charge in [-0.3, -0.25) is 9.59 Å². The SMILES string of the molecule is CCOC1=C[C@@H]2[C@H](CC[C@]3(C)C(=O)CC[C@@H]23)[C@@]2(C)C=CC(=O)C=C12. The third kappa shape index (κ3) is 1.96. The molecule has 0 heterocycles. The molecule has 4 rings (SSSR count). The molecule has 3 nitrogen and oxygen atoms in total. The highest BCUT2D eigenvalue weighted by Crippen LogP contribution is 2.62. The smallest absolute Gasteiger partial charge is 0.178 e. The van der Waals surface area contributed by atoms with Gasteiger partial charge in [-0.05, 0) is 62.2 Å². The standard InChI is InChI=1S/C21H26O3/c1-4-24-18-12-14-15-5-6-19(23)21(15,3)10-8-16(14)20(2)9-7-13(22)11-17(18)20/h7,9,11-12,14-16H,4-6,8,10H2,1-3H3/t14-,15-,16-,20+,21-/m0/s1. The molecular formula is C21H26O3. The molecule has 0 amide bonds. The van der Waals surface area contributed by atoms with Crippen molar-refractivity contribution in [2.75, 3.05) is 6.61 Å². The van der Waals surface area contributed by atoms with E-state index in [1.807, 2.05) is 6.92 Å². The summed E-state index contributed by atoms with van der Waals surface area (Å²) in [7, 11) is 0. The molecule has 0 saturated heterocycles. The van der Waals surface area contributed by atoms with Crippen LogP contribution in [0.3, 0.4) is 0 Å². The van der Waals surface area contributed by atoms with E-state index in [-0.39, 0.29) is 16.6 Å². The summed E-state index contributed by atoms with van der Waals surface area (Å²) >= 11 is 0. The Kier molecular flexibility index (Phi) is 3.42. The molecule has 0 bridgehead atoms. The Morgan fingerprint density at radius 2 is 2.00 bits per heavy atom. The molecule has 0 N–H and O–H groups in total. The molecule has 0 aliphatic heterocycles. The summed E-state index contributed by atoms with van der Waals surface area (Å²) in [6.45, 7) is 6.99. The maximum absolute atomic E-state index is 12.5. The van der Waals surface area contributed by atoms with E-state index in [9.17, 15) is 9.59 Å². The van der Waals surface area contributed by atoms with Crippen molar-refractivity contribution in [1.29, 1.82) is 0 Å². The number of carbonyl (C=O) groups is 2. The van der Waals surface area contributed by atoms with Crippen LogP contribution in [0.4, 0.5) is 0 Å². The quantitative estimate of drug-likeness (QED) is 0.770. The van der Waals surface area contributed by atoms with E-state index in [0.29, 0.717) is 30.1 Å². The molecule has 0 spiro atoms. The van der Waals surface area contributed by atoms with Crippen molar-refractivity contribution in [2.24, 2.45) is 28.6 Å². The molecule has 0 radical (unpaired) electrons. The number of Topliss-reactive ketones (excluding diaryl/α,β-unsaturated/α-hetero) is 1. The molecule has 2 saturated carbocycles. The van der Waals surface area contributed by atoms with Gasteiger partial charge in [0.15, 0.2) is 5.78 Å². The lowest BCUT2D eigenvalue weighted by Crippen LogP contribution is -2.49. The van der Waals surface area contributed by atoms with Crippen molar-refractivity contribution < 1.29 is 14.3 Å². The molecule has 5 atom stereocenters. The van der Waals surface area contributed by atoms with Crippen molar-refractivity contribution >= 4 is 11.6 Å². The lowest BCUT2D eigenvalue weighted by molar-refractivity contribution is -0.130. The second-order valence-electron chi connectivity index (χ2n) is 8.25. The number of ether oxygens (including phenoxy) is 1. The van der Waals surface area contributed by atoms with Gasteiger partial charge in [-0.2, -0.15) is 0 Å². The maximum atomic E-state index is 12.5. The highest BCUT2D eigenvalue weighted by molar-refractivity contribution is 6.01. The van der Waals surface area contributed by atoms with Gasteiger partial charge >= 0.3 is 0 Å². The van der Waals surface area contributed by atoms with Gasteiger partial charge in [0, 0.05) is 22.8 Å². The lowest BCUT2D eigenvalue weighted by Gasteiger charge is -2.54. The fourth-order valence-corrected chi connectivity index (χ4v) is 5.80. The first-order valence-electron chi connectivity index (χ1n) is 9.24. The number of fused-ring (bicyclic) bond motifs is 5. The van der Waals surface area contributed by atoms with E-state index in [1.165, 1.54) is 0 Å². The molecule has 0 unspecified atom stereocenters. The summed E-state index contributed by atoms with van der Waals surface area (Å²) < 4.78 is 5.94. The third-order valence-corrected chi connectivity index (χ3v) is 7.18. The Morgan fingerprint density at radius 3 is 2.75 bits per heavy atom. The van der Waals surface area contributed by atoms with E-state index in [4.69, 9.17) is 4.74 Å². The minimum absolute atomic E-state index is 0.0446. The summed E-state index contributed by atoms with van der Waals surface area (Å²) in [6, 6.07) is 0. The van der Waals surface area contributed by atoms with E-state index in [0.717, 1.165) is 37.0 Å². The second-order valence-corrected chi connectivity index (χ2v) is 8.25. The zero-order valence-electron chi connectivity index (χ0n) is 14.8. The van der Waals surface area contributed by atoms with Gasteiger partial charge in [-0.25, -0.2) is 0 Å². The van der Waals surface area contributed by atoms with Crippen molar-refractivity contribution in [1.82, 2.24) is 0 Å². The summed E-state index contributed by atoms with van der Waals surface area (Å²) in [5.74, 6) is 2.56. The molecule has 2 fully saturated rings. The molecule has 4 aliphatic rings. The topological polar surface area (TPSA) is 43.4 Å². The number of ketones is 2. The van der Waals surface area contributed by atoms with Crippen LogP contribution in [0.5, 0.6) is 0 Å². The minimum Gasteiger partial charge on any atom is -0.494 e. The average molecular weight is 326 g/mol. The van der Waals surface area contributed by atoms with E-state index in [2.05, 4.69) is 26.0 Å². The molecule has 0 aromatic carbocycles. The second kappa shape index (κ2) is 5.18. The largest absolute Gasteiger partial charge is 0.494 e. The van der Waals surface area contributed by atoms with Gasteiger partial charge in [0.25, 0.3) is 0 Å². The zero-order chi connectivity index (χ0) is 17.1. The van der Waals surface area contributed by atoms with Gasteiger partial charge < -0.3 is 4.74 Å². The summed E-state index contributed by atoms with van der Waals surface area (Å²) in [5.41, 5.74) is 0.706. The van der Waals surface area contributed by atoms with Crippen molar-refractivity contribution in [3.05, 3.63) is 35.6 Å². The molecule has 0 aromatic heterocycles. The van der Waals surface area contributed by atoms with Crippen LogP contribution in [-0.4, -0.2) is 18.2 Å². The van der Waals surface area contributed by atoms with Gasteiger partial charge in [-0.1, -0.05) is 19.9 Å². The molecule has 4 aliphatic carbocycles. The number of carbonyl (C=O) groups excluding carboxylic acids is 2. The summed E-state index contributed by atoms with van der Waals surface area (Å²) in [5, 5.41) is 0. The fourth-order valence-electron chi connectivity index (χ4n) is 5.80. The van der Waals surface area contributed by atoms with Gasteiger partial charge in [-0.15, -0.1) is 0 Å². The van der Waals surface area contributed by atoms with Crippen LogP contribution in [0.2, 0.25) is 0 Å². The number of hydrogen-bond acceptors (Lipinski definition) is 3. The Morgan fingerprint density at radius 1 is 1.21 bits per heavy atom. The van der Waals surface area contributed by atoms with Crippen LogP contribution in [-0.2, 0) is 14.3 Å². The molecule has 3 heteroatoms. The van der Waals surface area contributed by atoms with Crippen LogP contribution in [0.1, 0.15) is 46.5 Å². The van der Waals surface area contributed by atoms with Crippen LogP contribution in [0.25, 0.3) is 0 Å². The van der Waals surface area contributed by atoms with Crippen molar-refractivity contribution in [3.63, 3.8) is 0 Å². The monoisotopic (exact) mass is 326 g/mol. The van der Waals surface area contributed by atoms with Gasteiger partial charge in [0.1, 0.15) is 11.5 Å². The first-order valence-corrected chi connectivity index (χ1v) is 9.24. The van der Waals surface area contributed by atoms with Gasteiger partial charge in [0.05, 0.1) is 6.61 Å².